The van der Waals surface area contributed by atoms with E-state index in [1.165, 1.54) is 0 Å². The molecule has 15 heavy (non-hydrogen) atoms. The Bertz CT molecular complexity index is 238. The minimum Gasteiger partial charge on any atom is -0.393 e. The van der Waals surface area contributed by atoms with Crippen molar-refractivity contribution >= 4 is 17.2 Å². The van der Waals surface area contributed by atoms with E-state index in [1.54, 1.807) is 11.9 Å². The molecule has 0 bridgehead atoms. The number of nitrogens with zero attached hydrogens (tertiary/aromatic N) is 1. The van der Waals surface area contributed by atoms with Crippen LogP contribution in [0.2, 0.25) is 0 Å². The van der Waals surface area contributed by atoms with Crippen molar-refractivity contribution in [3.8, 4) is 0 Å². The van der Waals surface area contributed by atoms with Crippen molar-refractivity contribution in [2.24, 2.45) is 17.6 Å². The molecule has 0 aromatic heterocycles. The molecule has 0 heterocycles. The van der Waals surface area contributed by atoms with E-state index in [-0.39, 0.29) is 6.54 Å². The van der Waals surface area contributed by atoms with Crippen molar-refractivity contribution in [1.82, 2.24) is 4.90 Å². The first kappa shape index (κ1) is 12.7. The molecule has 1 fully saturated rings. The number of nitrogens with two attached hydrogens (primary N) is 1. The third-order valence-electron chi connectivity index (χ3n) is 2.50. The van der Waals surface area contributed by atoms with Crippen LogP contribution in [-0.2, 0) is 0 Å². The van der Waals surface area contributed by atoms with Crippen molar-refractivity contribution < 1.29 is 13.2 Å². The molecule has 0 aliphatic heterocycles. The molecule has 0 aromatic rings. The van der Waals surface area contributed by atoms with E-state index in [0.717, 1.165) is 12.8 Å². The molecule has 1 rings (SSSR count). The molecule has 1 atom stereocenters. The lowest BCUT2D eigenvalue weighted by Crippen LogP contribution is -2.42. The van der Waals surface area contributed by atoms with E-state index in [1.807, 2.05) is 0 Å². The quantitative estimate of drug-likeness (QED) is 0.743. The highest BCUT2D eigenvalue weighted by Gasteiger charge is 2.42. The number of rotatable bonds is 5. The fourth-order valence-corrected chi connectivity index (χ4v) is 1.69. The monoisotopic (exact) mass is 240 g/mol. The highest BCUT2D eigenvalue weighted by Crippen LogP contribution is 2.31. The summed E-state index contributed by atoms with van der Waals surface area (Å²) in [7, 11) is 1.68. The molecule has 0 aromatic carbocycles. The number of hydrogen-bond acceptors (Lipinski definition) is 2. The van der Waals surface area contributed by atoms with Crippen LogP contribution in [0.25, 0.3) is 0 Å². The Labute approximate surface area is 92.6 Å². The largest absolute Gasteiger partial charge is 0.399 e. The van der Waals surface area contributed by atoms with Crippen LogP contribution >= 0.6 is 12.2 Å². The SMILES string of the molecule is CN(CC1CC1)CC(C(N)=S)C(F)(F)F. The van der Waals surface area contributed by atoms with Gasteiger partial charge in [0.15, 0.2) is 0 Å². The molecule has 1 unspecified atom stereocenters. The minimum atomic E-state index is -4.33. The molecule has 2 nitrogen and oxygen atoms in total. The van der Waals surface area contributed by atoms with Gasteiger partial charge in [0.05, 0.1) is 4.99 Å². The van der Waals surface area contributed by atoms with Crippen molar-refractivity contribution in [1.29, 1.82) is 0 Å². The topological polar surface area (TPSA) is 29.3 Å². The molecule has 0 saturated heterocycles. The zero-order valence-electron chi connectivity index (χ0n) is 8.55. The lowest BCUT2D eigenvalue weighted by molar-refractivity contribution is -0.158. The Balaban J connectivity index is 2.45. The molecule has 6 heteroatoms. The van der Waals surface area contributed by atoms with Crippen LogP contribution in [0.4, 0.5) is 13.2 Å². The van der Waals surface area contributed by atoms with Crippen LogP contribution in [0.15, 0.2) is 0 Å². The van der Waals surface area contributed by atoms with Crippen LogP contribution in [0.1, 0.15) is 12.8 Å². The van der Waals surface area contributed by atoms with Crippen LogP contribution in [0.3, 0.4) is 0 Å². The van der Waals surface area contributed by atoms with Gasteiger partial charge in [0.2, 0.25) is 0 Å². The molecular weight excluding hydrogens is 225 g/mol. The molecule has 1 aliphatic carbocycles. The van der Waals surface area contributed by atoms with Crippen LogP contribution < -0.4 is 5.73 Å². The van der Waals surface area contributed by atoms with Gasteiger partial charge in [-0.25, -0.2) is 0 Å². The van der Waals surface area contributed by atoms with E-state index in [2.05, 4.69) is 12.2 Å². The van der Waals surface area contributed by atoms with Crippen LogP contribution in [-0.4, -0.2) is 36.2 Å². The summed E-state index contributed by atoms with van der Waals surface area (Å²) >= 11 is 4.44. The fraction of sp³-hybridized carbons (Fsp3) is 0.889. The zero-order valence-corrected chi connectivity index (χ0v) is 9.37. The summed E-state index contributed by atoms with van der Waals surface area (Å²) in [6, 6.07) is 0. The molecule has 1 aliphatic rings. The van der Waals surface area contributed by atoms with Gasteiger partial charge < -0.3 is 10.6 Å². The first-order valence-electron chi connectivity index (χ1n) is 4.85. The Morgan fingerprint density at radius 2 is 2.07 bits per heavy atom. The maximum absolute atomic E-state index is 12.5. The highest BCUT2D eigenvalue weighted by molar-refractivity contribution is 7.80. The van der Waals surface area contributed by atoms with Gasteiger partial charge in [-0.1, -0.05) is 12.2 Å². The number of hydrogen-bond donors (Lipinski definition) is 1. The summed E-state index contributed by atoms with van der Waals surface area (Å²) in [4.78, 5) is 1.19. The number of halogens is 3. The van der Waals surface area contributed by atoms with Crippen molar-refractivity contribution in [3.05, 3.63) is 0 Å². The smallest absolute Gasteiger partial charge is 0.393 e. The first-order chi connectivity index (χ1) is 6.80. The van der Waals surface area contributed by atoms with Gasteiger partial charge in [-0.2, -0.15) is 13.2 Å². The highest BCUT2D eigenvalue weighted by atomic mass is 32.1. The Kier molecular flexibility index (Phi) is 3.94. The molecule has 2 N–H and O–H groups in total. The summed E-state index contributed by atoms with van der Waals surface area (Å²) in [5.41, 5.74) is 5.10. The third kappa shape index (κ3) is 4.34. The summed E-state index contributed by atoms with van der Waals surface area (Å²) < 4.78 is 37.5. The van der Waals surface area contributed by atoms with Gasteiger partial charge in [0.1, 0.15) is 5.92 Å². The lowest BCUT2D eigenvalue weighted by Gasteiger charge is -2.25. The summed E-state index contributed by atoms with van der Waals surface area (Å²) in [5.74, 6) is -1.12. The van der Waals surface area contributed by atoms with Gasteiger partial charge in [0, 0.05) is 13.1 Å². The van der Waals surface area contributed by atoms with Crippen molar-refractivity contribution in [2.75, 3.05) is 20.1 Å². The zero-order chi connectivity index (χ0) is 11.6. The predicted molar refractivity (Wildman–Crippen MR) is 56.6 cm³/mol. The molecule has 88 valence electrons. The van der Waals surface area contributed by atoms with Crippen molar-refractivity contribution in [3.63, 3.8) is 0 Å². The van der Waals surface area contributed by atoms with Gasteiger partial charge in [-0.15, -0.1) is 0 Å². The molecule has 0 spiro atoms. The molecule has 1 saturated carbocycles. The van der Waals surface area contributed by atoms with Crippen LogP contribution in [0.5, 0.6) is 0 Å². The second-order valence-corrected chi connectivity index (χ2v) is 4.63. The van der Waals surface area contributed by atoms with Gasteiger partial charge >= 0.3 is 6.18 Å². The molecule has 0 amide bonds. The third-order valence-corrected chi connectivity index (χ3v) is 2.78. The van der Waals surface area contributed by atoms with E-state index in [0.29, 0.717) is 12.5 Å². The summed E-state index contributed by atoms with van der Waals surface area (Å²) in [6.07, 6.45) is -2.09. The maximum atomic E-state index is 12.5. The second-order valence-electron chi connectivity index (χ2n) is 4.16. The Morgan fingerprint density at radius 3 is 2.40 bits per heavy atom. The average molecular weight is 240 g/mol. The van der Waals surface area contributed by atoms with E-state index >= 15 is 0 Å². The lowest BCUT2D eigenvalue weighted by atomic mass is 10.1. The van der Waals surface area contributed by atoms with Gasteiger partial charge in [-0.05, 0) is 25.8 Å². The summed E-state index contributed by atoms with van der Waals surface area (Å²) in [5, 5.41) is 0. The predicted octanol–water partition coefficient (Wildman–Crippen LogP) is 1.79. The average Bonchev–Trinajstić information content (AvgIpc) is 2.81. The minimum absolute atomic E-state index is 0.130. The normalized spacial score (nSPS) is 19.3. The standard InChI is InChI=1S/C9H15F3N2S/c1-14(4-6-2-3-6)5-7(8(13)15)9(10,11)12/h6-7H,2-5H2,1H3,(H2,13,15). The molecular formula is C9H15F3N2S. The molecule has 0 radical (unpaired) electrons. The Morgan fingerprint density at radius 1 is 1.53 bits per heavy atom. The van der Waals surface area contributed by atoms with E-state index in [9.17, 15) is 13.2 Å². The van der Waals surface area contributed by atoms with Gasteiger partial charge in [0.25, 0.3) is 0 Å². The number of alkyl halides is 3. The summed E-state index contributed by atoms with van der Waals surface area (Å²) in [6.45, 7) is 0.574. The number of thiocarbonyl (C=S) groups is 1. The van der Waals surface area contributed by atoms with Crippen LogP contribution in [0, 0.1) is 11.8 Å². The first-order valence-corrected chi connectivity index (χ1v) is 5.26. The Hall–Kier alpha value is -0.360. The van der Waals surface area contributed by atoms with E-state index in [4.69, 9.17) is 5.73 Å². The van der Waals surface area contributed by atoms with Gasteiger partial charge in [-0.3, -0.25) is 0 Å². The maximum Gasteiger partial charge on any atom is 0.399 e. The second kappa shape index (κ2) is 4.65. The van der Waals surface area contributed by atoms with E-state index < -0.39 is 17.1 Å². The fourth-order valence-electron chi connectivity index (χ4n) is 1.48. The van der Waals surface area contributed by atoms with Crippen molar-refractivity contribution in [2.45, 2.75) is 19.0 Å².